The minimum atomic E-state index is 0.584. The first kappa shape index (κ1) is 13.1. The van der Waals surface area contributed by atoms with Crippen LogP contribution in [0.3, 0.4) is 0 Å². The lowest BCUT2D eigenvalue weighted by Crippen LogP contribution is -2.45. The third-order valence-electron chi connectivity index (χ3n) is 3.76. The van der Waals surface area contributed by atoms with Crippen molar-refractivity contribution in [3.05, 3.63) is 15.6 Å². The molecule has 2 aromatic rings. The molecule has 0 bridgehead atoms. The molecule has 0 radical (unpaired) electrons. The van der Waals surface area contributed by atoms with Gasteiger partial charge in [-0.05, 0) is 26.5 Å². The maximum Gasteiger partial charge on any atom is 0.228 e. The van der Waals surface area contributed by atoms with Gasteiger partial charge >= 0.3 is 0 Å². The topological polar surface area (TPSA) is 32.3 Å². The molecule has 0 atom stereocenters. The van der Waals surface area contributed by atoms with Crippen LogP contribution in [0, 0.1) is 13.8 Å². The summed E-state index contributed by atoms with van der Waals surface area (Å²) in [6.07, 6.45) is 0. The monoisotopic (exact) mass is 296 g/mol. The number of likely N-dealkylation sites (N-methyl/N-ethyl adjacent to an activating group) is 1. The van der Waals surface area contributed by atoms with Crippen LogP contribution in [0.25, 0.3) is 10.2 Å². The van der Waals surface area contributed by atoms with Crippen LogP contribution < -0.4 is 4.90 Å². The molecule has 1 fully saturated rings. The molecule has 0 saturated carbocycles. The molecule has 19 heavy (non-hydrogen) atoms. The fourth-order valence-electron chi connectivity index (χ4n) is 2.34. The van der Waals surface area contributed by atoms with Crippen LogP contribution in [-0.2, 0) is 0 Å². The Morgan fingerprint density at radius 1 is 1.11 bits per heavy atom. The normalized spacial score (nSPS) is 17.4. The lowest BCUT2D eigenvalue weighted by molar-refractivity contribution is 0.311. The predicted molar refractivity (Wildman–Crippen MR) is 81.6 cm³/mol. The Hall–Kier alpha value is -0.910. The van der Waals surface area contributed by atoms with E-state index < -0.39 is 0 Å². The zero-order valence-corrected chi connectivity index (χ0v) is 13.0. The standard InChI is InChI=1S/C13H17ClN4S/c1-8-9(2)19-12-10(8)11(14)15-13(16-12)18-6-4-17(3)5-7-18/h4-7H2,1-3H3. The van der Waals surface area contributed by atoms with Crippen LogP contribution in [0.5, 0.6) is 0 Å². The van der Waals surface area contributed by atoms with Crippen molar-refractivity contribution in [3.8, 4) is 0 Å². The zero-order valence-electron chi connectivity index (χ0n) is 11.4. The Balaban J connectivity index is 2.01. The number of nitrogens with zero attached hydrogens (tertiary/aromatic N) is 4. The Morgan fingerprint density at radius 3 is 2.47 bits per heavy atom. The number of thiophene rings is 1. The largest absolute Gasteiger partial charge is 0.338 e. The second-order valence-corrected chi connectivity index (χ2v) is 6.63. The van der Waals surface area contributed by atoms with E-state index in [1.807, 2.05) is 0 Å². The number of hydrogen-bond acceptors (Lipinski definition) is 5. The fraction of sp³-hybridized carbons (Fsp3) is 0.538. The third kappa shape index (κ3) is 2.30. The number of piperazine rings is 1. The van der Waals surface area contributed by atoms with Crippen molar-refractivity contribution in [2.75, 3.05) is 38.1 Å². The molecule has 6 heteroatoms. The van der Waals surface area contributed by atoms with Crippen LogP contribution in [-0.4, -0.2) is 48.1 Å². The van der Waals surface area contributed by atoms with Gasteiger partial charge < -0.3 is 9.80 Å². The smallest absolute Gasteiger partial charge is 0.228 e. The first-order chi connectivity index (χ1) is 9.06. The Labute approximate surface area is 122 Å². The van der Waals surface area contributed by atoms with Crippen molar-refractivity contribution in [1.29, 1.82) is 0 Å². The van der Waals surface area contributed by atoms with Gasteiger partial charge in [-0.2, -0.15) is 0 Å². The van der Waals surface area contributed by atoms with Gasteiger partial charge in [-0.25, -0.2) is 9.97 Å². The van der Waals surface area contributed by atoms with Gasteiger partial charge in [-0.3, -0.25) is 0 Å². The van der Waals surface area contributed by atoms with Gasteiger partial charge in [0.05, 0.1) is 5.39 Å². The highest BCUT2D eigenvalue weighted by molar-refractivity contribution is 7.18. The van der Waals surface area contributed by atoms with Crippen LogP contribution >= 0.6 is 22.9 Å². The second kappa shape index (κ2) is 4.89. The van der Waals surface area contributed by atoms with E-state index in [4.69, 9.17) is 16.6 Å². The van der Waals surface area contributed by atoms with Gasteiger partial charge in [0.2, 0.25) is 5.95 Å². The summed E-state index contributed by atoms with van der Waals surface area (Å²) < 4.78 is 0. The number of hydrogen-bond donors (Lipinski definition) is 0. The molecule has 0 unspecified atom stereocenters. The highest BCUT2D eigenvalue weighted by Crippen LogP contribution is 2.34. The number of rotatable bonds is 1. The summed E-state index contributed by atoms with van der Waals surface area (Å²) in [6, 6.07) is 0. The van der Waals surface area contributed by atoms with E-state index in [2.05, 4.69) is 35.7 Å². The average molecular weight is 297 g/mol. The van der Waals surface area contributed by atoms with E-state index in [-0.39, 0.29) is 0 Å². The number of anilines is 1. The highest BCUT2D eigenvalue weighted by Gasteiger charge is 2.19. The van der Waals surface area contributed by atoms with E-state index >= 15 is 0 Å². The molecule has 0 N–H and O–H groups in total. The van der Waals surface area contributed by atoms with E-state index in [1.165, 1.54) is 10.4 Å². The Morgan fingerprint density at radius 2 is 1.79 bits per heavy atom. The lowest BCUT2D eigenvalue weighted by atomic mass is 10.2. The summed E-state index contributed by atoms with van der Waals surface area (Å²) in [6.45, 7) is 8.19. The summed E-state index contributed by atoms with van der Waals surface area (Å²) in [5.41, 5.74) is 1.20. The molecule has 0 spiro atoms. The molecule has 1 aliphatic heterocycles. The van der Waals surface area contributed by atoms with Crippen molar-refractivity contribution in [3.63, 3.8) is 0 Å². The van der Waals surface area contributed by atoms with Gasteiger partial charge in [0.25, 0.3) is 0 Å². The summed E-state index contributed by atoms with van der Waals surface area (Å²) in [5, 5.41) is 1.60. The number of aromatic nitrogens is 2. The van der Waals surface area contributed by atoms with Crippen LogP contribution in [0.1, 0.15) is 10.4 Å². The van der Waals surface area contributed by atoms with Crippen molar-refractivity contribution in [1.82, 2.24) is 14.9 Å². The molecular formula is C13H17ClN4S. The van der Waals surface area contributed by atoms with Gasteiger partial charge in [-0.1, -0.05) is 11.6 Å². The molecule has 1 aliphatic rings. The minimum absolute atomic E-state index is 0.584. The number of aryl methyl sites for hydroxylation is 2. The molecule has 102 valence electrons. The molecular weight excluding hydrogens is 280 g/mol. The maximum absolute atomic E-state index is 6.35. The van der Waals surface area contributed by atoms with Crippen molar-refractivity contribution < 1.29 is 0 Å². The second-order valence-electron chi connectivity index (χ2n) is 5.07. The molecule has 1 saturated heterocycles. The summed E-state index contributed by atoms with van der Waals surface area (Å²) in [5.74, 6) is 0.770. The van der Waals surface area contributed by atoms with Crippen molar-refractivity contribution >= 4 is 39.1 Å². The van der Waals surface area contributed by atoms with Crippen molar-refractivity contribution in [2.24, 2.45) is 0 Å². The van der Waals surface area contributed by atoms with Gasteiger partial charge in [-0.15, -0.1) is 11.3 Å². The number of halogens is 1. The number of fused-ring (bicyclic) bond motifs is 1. The van der Waals surface area contributed by atoms with Gasteiger partial charge in [0.1, 0.15) is 9.98 Å². The van der Waals surface area contributed by atoms with E-state index in [0.717, 1.165) is 42.3 Å². The maximum atomic E-state index is 6.35. The summed E-state index contributed by atoms with van der Waals surface area (Å²) in [7, 11) is 2.14. The molecule has 0 aliphatic carbocycles. The first-order valence-corrected chi connectivity index (χ1v) is 7.62. The highest BCUT2D eigenvalue weighted by atomic mass is 35.5. The molecule has 3 rings (SSSR count). The molecule has 3 heterocycles. The average Bonchev–Trinajstić information content (AvgIpc) is 2.66. The van der Waals surface area contributed by atoms with Crippen molar-refractivity contribution in [2.45, 2.75) is 13.8 Å². The van der Waals surface area contributed by atoms with Crippen LogP contribution in [0.4, 0.5) is 5.95 Å². The summed E-state index contributed by atoms with van der Waals surface area (Å²) in [4.78, 5) is 16.0. The lowest BCUT2D eigenvalue weighted by Gasteiger charge is -2.32. The van der Waals surface area contributed by atoms with Gasteiger partial charge in [0.15, 0.2) is 0 Å². The molecule has 2 aromatic heterocycles. The predicted octanol–water partition coefficient (Wildman–Crippen LogP) is 2.71. The van der Waals surface area contributed by atoms with Crippen LogP contribution in [0.2, 0.25) is 5.15 Å². The Bertz CT molecular complexity index is 617. The fourth-order valence-corrected chi connectivity index (χ4v) is 3.73. The molecule has 0 aromatic carbocycles. The zero-order chi connectivity index (χ0) is 13.6. The first-order valence-electron chi connectivity index (χ1n) is 6.43. The van der Waals surface area contributed by atoms with E-state index in [1.54, 1.807) is 11.3 Å². The summed E-state index contributed by atoms with van der Waals surface area (Å²) >= 11 is 8.05. The quantitative estimate of drug-likeness (QED) is 0.758. The third-order valence-corrected chi connectivity index (χ3v) is 5.13. The SMILES string of the molecule is Cc1sc2nc(N3CCN(C)CC3)nc(Cl)c2c1C. The Kier molecular flexibility index (Phi) is 3.37. The van der Waals surface area contributed by atoms with E-state index in [9.17, 15) is 0 Å². The minimum Gasteiger partial charge on any atom is -0.338 e. The van der Waals surface area contributed by atoms with Crippen LogP contribution in [0.15, 0.2) is 0 Å². The molecule has 0 amide bonds. The van der Waals surface area contributed by atoms with E-state index in [0.29, 0.717) is 5.15 Å². The molecule has 4 nitrogen and oxygen atoms in total. The van der Waals surface area contributed by atoms with Gasteiger partial charge in [0, 0.05) is 31.1 Å².